The van der Waals surface area contributed by atoms with Crippen LogP contribution in [-0.4, -0.2) is 56.5 Å². The molecule has 6 heteroatoms. The minimum atomic E-state index is 0. The van der Waals surface area contributed by atoms with Crippen LogP contribution in [-0.2, 0) is 0 Å². The molecule has 0 aromatic heterocycles. The zero-order valence-corrected chi connectivity index (χ0v) is 17.2. The molecule has 0 saturated carbocycles. The summed E-state index contributed by atoms with van der Waals surface area (Å²) < 4.78 is 0. The Morgan fingerprint density at radius 3 is 2.27 bits per heavy atom. The molecule has 1 atom stereocenters. The molecule has 0 fully saturated rings. The van der Waals surface area contributed by atoms with Gasteiger partial charge in [-0.1, -0.05) is 43.6 Å². The molecule has 1 aromatic rings. The Morgan fingerprint density at radius 1 is 1.23 bits per heavy atom. The summed E-state index contributed by atoms with van der Waals surface area (Å²) in [5.41, 5.74) is 1.16. The van der Waals surface area contributed by atoms with Gasteiger partial charge >= 0.3 is 0 Å². The van der Waals surface area contributed by atoms with Crippen molar-refractivity contribution >= 4 is 41.5 Å². The Bertz CT molecular complexity index is 461. The summed E-state index contributed by atoms with van der Waals surface area (Å²) in [5.74, 6) is 0.874. The Balaban J connectivity index is 0.00000441. The van der Waals surface area contributed by atoms with Gasteiger partial charge in [0, 0.05) is 32.7 Å². The number of hydrogen-bond donors (Lipinski definition) is 1. The van der Waals surface area contributed by atoms with E-state index in [1.807, 2.05) is 37.2 Å². The lowest BCUT2D eigenvalue weighted by Crippen LogP contribution is -2.42. The maximum Gasteiger partial charge on any atom is 0.193 e. The van der Waals surface area contributed by atoms with Gasteiger partial charge in [-0.05, 0) is 24.7 Å². The van der Waals surface area contributed by atoms with Crippen LogP contribution in [0.1, 0.15) is 25.5 Å². The Morgan fingerprint density at radius 2 is 1.82 bits per heavy atom. The lowest BCUT2D eigenvalue weighted by molar-refractivity contribution is 0.218. The zero-order chi connectivity index (χ0) is 15.8. The van der Waals surface area contributed by atoms with Crippen molar-refractivity contribution in [2.24, 2.45) is 4.99 Å². The molecular weight excluding hydrogens is 411 g/mol. The molecule has 126 valence electrons. The second-order valence-electron chi connectivity index (χ2n) is 5.08. The maximum absolute atomic E-state index is 6.39. The first-order valence-corrected chi connectivity index (χ1v) is 7.79. The Hall–Kier alpha value is -0.530. The van der Waals surface area contributed by atoms with E-state index in [0.717, 1.165) is 36.2 Å². The van der Waals surface area contributed by atoms with Crippen LogP contribution in [0.3, 0.4) is 0 Å². The third-order valence-electron chi connectivity index (χ3n) is 3.61. The number of benzene rings is 1. The minimum absolute atomic E-state index is 0. The van der Waals surface area contributed by atoms with Crippen LogP contribution < -0.4 is 5.32 Å². The zero-order valence-electron chi connectivity index (χ0n) is 14.1. The highest BCUT2D eigenvalue weighted by Crippen LogP contribution is 2.26. The number of nitrogens with one attached hydrogen (secondary N) is 1. The van der Waals surface area contributed by atoms with E-state index in [-0.39, 0.29) is 30.0 Å². The molecule has 1 N–H and O–H groups in total. The number of likely N-dealkylation sites (N-methyl/N-ethyl adjacent to an activating group) is 1. The van der Waals surface area contributed by atoms with Crippen molar-refractivity contribution in [1.82, 2.24) is 15.1 Å². The van der Waals surface area contributed by atoms with Gasteiger partial charge in [-0.2, -0.15) is 0 Å². The van der Waals surface area contributed by atoms with Crippen molar-refractivity contribution in [2.75, 3.05) is 40.8 Å². The fraction of sp³-hybridized carbons (Fsp3) is 0.562. The van der Waals surface area contributed by atoms with E-state index in [4.69, 9.17) is 11.6 Å². The summed E-state index contributed by atoms with van der Waals surface area (Å²) in [6.45, 7) is 7.09. The highest BCUT2D eigenvalue weighted by molar-refractivity contribution is 14.0. The lowest BCUT2D eigenvalue weighted by Gasteiger charge is -2.32. The predicted octanol–water partition coefficient (Wildman–Crippen LogP) is 3.48. The number of hydrogen-bond acceptors (Lipinski definition) is 2. The molecular formula is C16H28ClIN4. The van der Waals surface area contributed by atoms with Crippen LogP contribution in [0.15, 0.2) is 29.3 Å². The first kappa shape index (κ1) is 21.5. The topological polar surface area (TPSA) is 30.9 Å². The second kappa shape index (κ2) is 11.1. The molecule has 0 aliphatic rings. The molecule has 4 nitrogen and oxygen atoms in total. The van der Waals surface area contributed by atoms with E-state index in [1.54, 1.807) is 7.05 Å². The highest BCUT2D eigenvalue weighted by atomic mass is 127. The van der Waals surface area contributed by atoms with Gasteiger partial charge in [-0.15, -0.1) is 24.0 Å². The molecule has 22 heavy (non-hydrogen) atoms. The summed E-state index contributed by atoms with van der Waals surface area (Å²) in [5, 5.41) is 4.24. The molecule has 0 aliphatic heterocycles. The van der Waals surface area contributed by atoms with Gasteiger partial charge in [0.15, 0.2) is 5.96 Å². The Labute approximate surface area is 156 Å². The van der Waals surface area contributed by atoms with E-state index < -0.39 is 0 Å². The number of aliphatic imine (C=N–C) groups is 1. The van der Waals surface area contributed by atoms with Gasteiger partial charge in [0.1, 0.15) is 0 Å². The van der Waals surface area contributed by atoms with E-state index in [9.17, 15) is 0 Å². The second-order valence-corrected chi connectivity index (χ2v) is 5.49. The van der Waals surface area contributed by atoms with Crippen LogP contribution >= 0.6 is 35.6 Å². The third kappa shape index (κ3) is 5.93. The summed E-state index contributed by atoms with van der Waals surface area (Å²) in [6.07, 6.45) is 0. The molecule has 0 heterocycles. The quantitative estimate of drug-likeness (QED) is 0.419. The van der Waals surface area contributed by atoms with E-state index in [0.29, 0.717) is 0 Å². The first-order valence-electron chi connectivity index (χ1n) is 7.41. The van der Waals surface area contributed by atoms with Gasteiger partial charge in [0.25, 0.3) is 0 Å². The van der Waals surface area contributed by atoms with Gasteiger partial charge in [0.2, 0.25) is 0 Å². The standard InChI is InChI=1S/C16H27ClN4.HI/c1-6-21(7-2)15(12-19-16(18-3)20(4)5)13-10-8-9-11-14(13)17;/h8-11,15H,6-7,12H2,1-5H3,(H,18,19);1H. The van der Waals surface area contributed by atoms with E-state index in [2.05, 4.69) is 35.1 Å². The fourth-order valence-electron chi connectivity index (χ4n) is 2.47. The largest absolute Gasteiger partial charge is 0.354 e. The average molecular weight is 439 g/mol. The Kier molecular flexibility index (Phi) is 10.8. The number of guanidine groups is 1. The lowest BCUT2D eigenvalue weighted by atomic mass is 10.0. The van der Waals surface area contributed by atoms with Crippen molar-refractivity contribution in [1.29, 1.82) is 0 Å². The fourth-order valence-corrected chi connectivity index (χ4v) is 2.73. The summed E-state index contributed by atoms with van der Waals surface area (Å²) >= 11 is 6.39. The number of nitrogens with zero attached hydrogens (tertiary/aromatic N) is 3. The summed E-state index contributed by atoms with van der Waals surface area (Å²) in [6, 6.07) is 8.29. The summed E-state index contributed by atoms with van der Waals surface area (Å²) in [4.78, 5) is 8.64. The van der Waals surface area contributed by atoms with Crippen molar-refractivity contribution in [3.05, 3.63) is 34.9 Å². The maximum atomic E-state index is 6.39. The highest BCUT2D eigenvalue weighted by Gasteiger charge is 2.20. The summed E-state index contributed by atoms with van der Waals surface area (Å²) in [7, 11) is 5.76. The molecule has 0 aliphatic carbocycles. The van der Waals surface area contributed by atoms with Gasteiger partial charge in [0.05, 0.1) is 6.04 Å². The van der Waals surface area contributed by atoms with Crippen molar-refractivity contribution in [3.63, 3.8) is 0 Å². The number of halogens is 2. The normalized spacial score (nSPS) is 12.8. The van der Waals surface area contributed by atoms with Crippen LogP contribution in [0, 0.1) is 0 Å². The van der Waals surface area contributed by atoms with Crippen LogP contribution in [0.2, 0.25) is 5.02 Å². The van der Waals surface area contributed by atoms with Crippen LogP contribution in [0.4, 0.5) is 0 Å². The van der Waals surface area contributed by atoms with Gasteiger partial charge in [-0.25, -0.2) is 0 Å². The SMILES string of the molecule is CCN(CC)C(CNC(=NC)N(C)C)c1ccccc1Cl.I. The first-order chi connectivity index (χ1) is 10.0. The van der Waals surface area contributed by atoms with Crippen LogP contribution in [0.25, 0.3) is 0 Å². The molecule has 1 unspecified atom stereocenters. The molecule has 0 saturated heterocycles. The van der Waals surface area contributed by atoms with Crippen molar-refractivity contribution < 1.29 is 0 Å². The third-order valence-corrected chi connectivity index (χ3v) is 3.95. The molecule has 0 amide bonds. The molecule has 0 radical (unpaired) electrons. The average Bonchev–Trinajstić information content (AvgIpc) is 2.47. The van der Waals surface area contributed by atoms with Crippen LogP contribution in [0.5, 0.6) is 0 Å². The molecule has 1 rings (SSSR count). The van der Waals surface area contributed by atoms with Crippen molar-refractivity contribution in [2.45, 2.75) is 19.9 Å². The van der Waals surface area contributed by atoms with Gasteiger partial charge in [-0.3, -0.25) is 9.89 Å². The van der Waals surface area contributed by atoms with E-state index >= 15 is 0 Å². The monoisotopic (exact) mass is 438 g/mol. The molecule has 0 bridgehead atoms. The smallest absolute Gasteiger partial charge is 0.193 e. The molecule has 1 aromatic carbocycles. The minimum Gasteiger partial charge on any atom is -0.354 e. The van der Waals surface area contributed by atoms with Gasteiger partial charge < -0.3 is 10.2 Å². The molecule has 0 spiro atoms. The number of rotatable bonds is 6. The van der Waals surface area contributed by atoms with E-state index in [1.165, 1.54) is 0 Å². The van der Waals surface area contributed by atoms with Crippen molar-refractivity contribution in [3.8, 4) is 0 Å². The predicted molar refractivity (Wildman–Crippen MR) is 108 cm³/mol.